The van der Waals surface area contributed by atoms with E-state index in [1.54, 1.807) is 12.4 Å². The van der Waals surface area contributed by atoms with Gasteiger partial charge in [0.15, 0.2) is 0 Å². The lowest BCUT2D eigenvalue weighted by Gasteiger charge is -2.34. The molecule has 10 heteroatoms. The second-order valence-corrected chi connectivity index (χ2v) is 11.2. The van der Waals surface area contributed by atoms with Crippen LogP contribution < -0.4 is 11.1 Å². The van der Waals surface area contributed by atoms with Crippen LogP contribution in [-0.2, 0) is 16.1 Å². The summed E-state index contributed by atoms with van der Waals surface area (Å²) in [6.45, 7) is 17.5. The van der Waals surface area contributed by atoms with E-state index in [4.69, 9.17) is 15.6 Å². The summed E-state index contributed by atoms with van der Waals surface area (Å²) >= 11 is 0. The summed E-state index contributed by atoms with van der Waals surface area (Å²) in [4.78, 5) is 28.2. The molecule has 0 unspecified atom stereocenters. The number of rotatable bonds is 18. The number of unbranched alkanes of at least 4 members (excludes halogenated alkanes) is 3. The number of anilines is 1. The number of allylic oxidation sites excluding steroid dienone is 2. The SMILES string of the molecule is C=C/C=C(\C=C)[C@@H](C)Nc1ncnc2[nH]c(-c3ccc(CN4CCN(CCOCCCCCCC(N)=O)CC4)cc3)cc12.CO. The van der Waals surface area contributed by atoms with Gasteiger partial charge in [0.1, 0.15) is 17.8 Å². The number of amides is 1. The molecule has 1 saturated heterocycles. The fourth-order valence-electron chi connectivity index (χ4n) is 5.40. The number of aliphatic hydroxyl groups is 1. The molecular formula is C35H51N7O3. The normalized spacial score (nSPS) is 14.9. The van der Waals surface area contributed by atoms with Crippen molar-refractivity contribution in [3.63, 3.8) is 0 Å². The van der Waals surface area contributed by atoms with Gasteiger partial charge in [-0.2, -0.15) is 0 Å². The van der Waals surface area contributed by atoms with Crippen molar-refractivity contribution < 1.29 is 14.6 Å². The molecule has 2 aromatic heterocycles. The minimum absolute atomic E-state index is 0.0313. The third kappa shape index (κ3) is 11.6. The van der Waals surface area contributed by atoms with Gasteiger partial charge in [-0.15, -0.1) is 0 Å². The molecule has 1 aliphatic rings. The zero-order chi connectivity index (χ0) is 32.4. The first-order valence-corrected chi connectivity index (χ1v) is 15.9. The first-order chi connectivity index (χ1) is 22.0. The van der Waals surface area contributed by atoms with Crippen LogP contribution in [0.25, 0.3) is 22.3 Å². The maximum Gasteiger partial charge on any atom is 0.217 e. The van der Waals surface area contributed by atoms with Gasteiger partial charge in [-0.05, 0) is 42.5 Å². The number of primary amides is 1. The summed E-state index contributed by atoms with van der Waals surface area (Å²) < 4.78 is 5.83. The highest BCUT2D eigenvalue weighted by molar-refractivity contribution is 5.91. The fraction of sp³-hybridized carbons (Fsp3) is 0.457. The number of hydrogen-bond acceptors (Lipinski definition) is 8. The summed E-state index contributed by atoms with van der Waals surface area (Å²) in [5, 5.41) is 11.4. The summed E-state index contributed by atoms with van der Waals surface area (Å²) in [6.07, 6.45) is 11.7. The zero-order valence-corrected chi connectivity index (χ0v) is 27.0. The van der Waals surface area contributed by atoms with Gasteiger partial charge in [0.2, 0.25) is 5.91 Å². The summed E-state index contributed by atoms with van der Waals surface area (Å²) in [5.74, 6) is 0.578. The van der Waals surface area contributed by atoms with E-state index < -0.39 is 0 Å². The van der Waals surface area contributed by atoms with Crippen molar-refractivity contribution in [3.05, 3.63) is 79.2 Å². The van der Waals surface area contributed by atoms with Crippen LogP contribution in [0, 0.1) is 0 Å². The molecule has 0 saturated carbocycles. The number of fused-ring (bicyclic) bond motifs is 1. The Morgan fingerprint density at radius 1 is 1.07 bits per heavy atom. The molecule has 0 bridgehead atoms. The number of nitrogens with zero attached hydrogens (tertiary/aromatic N) is 4. The lowest BCUT2D eigenvalue weighted by atomic mass is 10.1. The third-order valence-corrected chi connectivity index (χ3v) is 7.97. The fourth-order valence-corrected chi connectivity index (χ4v) is 5.40. The molecule has 244 valence electrons. The Bertz CT molecular complexity index is 1360. The largest absolute Gasteiger partial charge is 0.400 e. The first kappa shape index (κ1) is 35.6. The average molecular weight is 618 g/mol. The van der Waals surface area contributed by atoms with Gasteiger partial charge in [0.05, 0.1) is 12.0 Å². The first-order valence-electron chi connectivity index (χ1n) is 15.9. The highest BCUT2D eigenvalue weighted by atomic mass is 16.5. The number of carbonyl (C=O) groups excluding carboxylic acids is 1. The Morgan fingerprint density at radius 2 is 1.78 bits per heavy atom. The molecular weight excluding hydrogens is 566 g/mol. The number of aliphatic hydroxyl groups excluding tert-OH is 1. The van der Waals surface area contributed by atoms with E-state index in [-0.39, 0.29) is 11.9 Å². The number of carbonyl (C=O) groups is 1. The van der Waals surface area contributed by atoms with Crippen LogP contribution in [0.3, 0.4) is 0 Å². The van der Waals surface area contributed by atoms with Crippen molar-refractivity contribution in [3.8, 4) is 11.3 Å². The van der Waals surface area contributed by atoms with E-state index in [9.17, 15) is 4.79 Å². The minimum Gasteiger partial charge on any atom is -0.400 e. The summed E-state index contributed by atoms with van der Waals surface area (Å²) in [7, 11) is 1.00. The number of aromatic nitrogens is 3. The maximum absolute atomic E-state index is 10.8. The van der Waals surface area contributed by atoms with E-state index in [0.29, 0.717) is 6.42 Å². The molecule has 0 radical (unpaired) electrons. The van der Waals surface area contributed by atoms with Crippen LogP contribution in [0.4, 0.5) is 5.82 Å². The van der Waals surface area contributed by atoms with Gasteiger partial charge >= 0.3 is 0 Å². The molecule has 0 spiro atoms. The molecule has 3 aromatic rings. The standard InChI is InChI=1S/C34H47N7O2.CH4O/c1-4-10-28(5-2)26(3)38-33-30-23-31(39-34(30)37-25-36-33)29-14-12-27(13-15-29)24-41-18-16-40(17-19-41)20-22-43-21-9-7-6-8-11-32(35)42;1-2/h4-5,10,12-15,23,25-26H,1-2,6-9,11,16-22,24H2,3H3,(H2,35,42)(H2,36,37,38,39);2H,1H3/b28-10+;/t26-;/m1./s1. The monoisotopic (exact) mass is 617 g/mol. The second kappa shape index (κ2) is 19.5. The predicted octanol–water partition coefficient (Wildman–Crippen LogP) is 4.90. The predicted molar refractivity (Wildman–Crippen MR) is 184 cm³/mol. The molecule has 4 rings (SSSR count). The molecule has 45 heavy (non-hydrogen) atoms. The van der Waals surface area contributed by atoms with Crippen LogP contribution in [0.15, 0.2) is 73.6 Å². The Balaban J connectivity index is 0.00000271. The number of H-pyrrole nitrogens is 1. The molecule has 1 amide bonds. The Hall–Kier alpha value is -3.83. The smallest absolute Gasteiger partial charge is 0.217 e. The number of benzene rings is 1. The molecule has 1 aliphatic heterocycles. The summed E-state index contributed by atoms with van der Waals surface area (Å²) in [6, 6.07) is 10.9. The lowest BCUT2D eigenvalue weighted by Crippen LogP contribution is -2.46. The third-order valence-electron chi connectivity index (χ3n) is 7.97. The molecule has 5 N–H and O–H groups in total. The Labute approximate surface area is 268 Å². The Kier molecular flexibility index (Phi) is 15.5. The number of aromatic amines is 1. The molecule has 1 atom stereocenters. The maximum atomic E-state index is 10.8. The number of piperazine rings is 1. The molecule has 1 aromatic carbocycles. The minimum atomic E-state index is -0.208. The van der Waals surface area contributed by atoms with Crippen molar-refractivity contribution in [2.24, 2.45) is 5.73 Å². The highest BCUT2D eigenvalue weighted by Gasteiger charge is 2.17. The van der Waals surface area contributed by atoms with Crippen LogP contribution in [-0.4, -0.2) is 94.9 Å². The molecule has 0 aliphatic carbocycles. The van der Waals surface area contributed by atoms with Crippen molar-refractivity contribution in [1.82, 2.24) is 24.8 Å². The van der Waals surface area contributed by atoms with E-state index >= 15 is 0 Å². The van der Waals surface area contributed by atoms with Gasteiger partial charge in [-0.1, -0.05) is 68.5 Å². The highest BCUT2D eigenvalue weighted by Crippen LogP contribution is 2.28. The van der Waals surface area contributed by atoms with E-state index in [1.165, 1.54) is 5.56 Å². The van der Waals surface area contributed by atoms with Crippen molar-refractivity contribution >= 4 is 22.8 Å². The summed E-state index contributed by atoms with van der Waals surface area (Å²) in [5.41, 5.74) is 10.5. The topological polar surface area (TPSA) is 133 Å². The molecule has 10 nitrogen and oxygen atoms in total. The molecule has 1 fully saturated rings. The van der Waals surface area contributed by atoms with Crippen molar-refractivity contribution in [1.29, 1.82) is 0 Å². The second-order valence-electron chi connectivity index (χ2n) is 11.2. The molecule has 3 heterocycles. The van der Waals surface area contributed by atoms with Gasteiger partial charge in [-0.3, -0.25) is 14.6 Å². The number of nitrogens with two attached hydrogens (primary N) is 1. The van der Waals surface area contributed by atoms with Crippen molar-refractivity contribution in [2.75, 3.05) is 58.4 Å². The quantitative estimate of drug-likeness (QED) is 0.117. The van der Waals surface area contributed by atoms with E-state index in [0.717, 1.165) is 119 Å². The van der Waals surface area contributed by atoms with Gasteiger partial charge in [0, 0.05) is 71.1 Å². The van der Waals surface area contributed by atoms with Crippen LogP contribution >= 0.6 is 0 Å². The lowest BCUT2D eigenvalue weighted by molar-refractivity contribution is -0.118. The average Bonchev–Trinajstić information content (AvgIpc) is 3.50. The van der Waals surface area contributed by atoms with E-state index in [1.807, 2.05) is 12.2 Å². The zero-order valence-electron chi connectivity index (χ0n) is 27.0. The van der Waals surface area contributed by atoms with Gasteiger partial charge in [0.25, 0.3) is 0 Å². The Morgan fingerprint density at radius 3 is 2.47 bits per heavy atom. The van der Waals surface area contributed by atoms with Gasteiger partial charge < -0.3 is 25.9 Å². The van der Waals surface area contributed by atoms with Crippen molar-refractivity contribution in [2.45, 2.75) is 51.6 Å². The number of hydrogen-bond donors (Lipinski definition) is 4. The van der Waals surface area contributed by atoms with Crippen LogP contribution in [0.5, 0.6) is 0 Å². The van der Waals surface area contributed by atoms with Crippen LogP contribution in [0.1, 0.15) is 44.6 Å². The number of ether oxygens (including phenoxy) is 1. The number of nitrogens with one attached hydrogen (secondary N) is 2. The van der Waals surface area contributed by atoms with Gasteiger partial charge in [-0.25, -0.2) is 9.97 Å². The van der Waals surface area contributed by atoms with Crippen LogP contribution in [0.2, 0.25) is 0 Å². The van der Waals surface area contributed by atoms with E-state index in [2.05, 4.69) is 80.5 Å².